The Morgan fingerprint density at radius 2 is 1.45 bits per heavy atom. The summed E-state index contributed by atoms with van der Waals surface area (Å²) in [6, 6.07) is 0. The summed E-state index contributed by atoms with van der Waals surface area (Å²) < 4.78 is 9.45. The summed E-state index contributed by atoms with van der Waals surface area (Å²) in [5, 5.41) is 0. The lowest BCUT2D eigenvalue weighted by Gasteiger charge is -2.18. The molecule has 0 N–H and O–H groups in total. The van der Waals surface area contributed by atoms with Crippen LogP contribution in [-0.2, 0) is 19.1 Å². The molecule has 0 aromatic rings. The average molecular weight is 284 g/mol. The molecule has 0 radical (unpaired) electrons. The van der Waals surface area contributed by atoms with Crippen molar-refractivity contribution >= 4 is 11.9 Å². The van der Waals surface area contributed by atoms with Gasteiger partial charge >= 0.3 is 11.9 Å². The highest BCUT2D eigenvalue weighted by molar-refractivity contribution is 6.29. The van der Waals surface area contributed by atoms with Gasteiger partial charge < -0.3 is 9.47 Å². The fraction of sp³-hybridized carbons (Fsp3) is 0.750. The zero-order valence-corrected chi connectivity index (χ0v) is 13.6. The second kappa shape index (κ2) is 9.56. The van der Waals surface area contributed by atoms with Crippen molar-refractivity contribution in [2.45, 2.75) is 48.0 Å². The Kier molecular flexibility index (Phi) is 8.93. The van der Waals surface area contributed by atoms with Gasteiger partial charge in [-0.1, -0.05) is 46.3 Å². The van der Waals surface area contributed by atoms with Gasteiger partial charge in [-0.05, 0) is 31.1 Å². The van der Waals surface area contributed by atoms with E-state index >= 15 is 0 Å². The van der Waals surface area contributed by atoms with E-state index < -0.39 is 11.9 Å². The van der Waals surface area contributed by atoms with Crippen molar-refractivity contribution in [1.82, 2.24) is 0 Å². The number of esters is 2. The maximum absolute atomic E-state index is 11.2. The molecule has 0 aromatic heterocycles. The van der Waals surface area contributed by atoms with Gasteiger partial charge in [0.25, 0.3) is 0 Å². The molecule has 0 bridgehead atoms. The number of hydrogen-bond acceptors (Lipinski definition) is 4. The number of hydrogen-bond donors (Lipinski definition) is 0. The maximum atomic E-state index is 11.2. The van der Waals surface area contributed by atoms with Crippen molar-refractivity contribution in [3.8, 4) is 0 Å². The van der Waals surface area contributed by atoms with Crippen molar-refractivity contribution in [2.75, 3.05) is 13.2 Å². The van der Waals surface area contributed by atoms with E-state index in [0.717, 1.165) is 0 Å². The fourth-order valence-electron chi connectivity index (χ4n) is 2.05. The molecule has 116 valence electrons. The van der Waals surface area contributed by atoms with E-state index in [1.807, 2.05) is 0 Å². The van der Waals surface area contributed by atoms with Crippen LogP contribution in [0.2, 0.25) is 0 Å². The summed E-state index contributed by atoms with van der Waals surface area (Å²) in [5.74, 6) is -0.486. The van der Waals surface area contributed by atoms with Crippen molar-refractivity contribution in [2.24, 2.45) is 17.8 Å². The first kappa shape index (κ1) is 18.7. The van der Waals surface area contributed by atoms with Crippen LogP contribution in [0.1, 0.15) is 48.0 Å². The van der Waals surface area contributed by atoms with Gasteiger partial charge in [-0.25, -0.2) is 9.59 Å². The van der Waals surface area contributed by atoms with E-state index in [1.54, 1.807) is 6.92 Å². The number of ether oxygens (including phenoxy) is 2. The van der Waals surface area contributed by atoms with E-state index in [-0.39, 0.29) is 13.2 Å². The lowest BCUT2D eigenvalue weighted by molar-refractivity contribution is -0.167. The molecule has 4 nitrogen and oxygen atoms in total. The molecule has 0 aliphatic heterocycles. The number of allylic oxidation sites excluding steroid dienone is 2. The monoisotopic (exact) mass is 284 g/mol. The molecule has 0 saturated carbocycles. The van der Waals surface area contributed by atoms with Gasteiger partial charge in [-0.3, -0.25) is 0 Å². The van der Waals surface area contributed by atoms with Gasteiger partial charge in [-0.15, -0.1) is 0 Å². The van der Waals surface area contributed by atoms with Crippen LogP contribution in [-0.4, -0.2) is 25.2 Å². The number of carbonyl (C=O) groups excluding carboxylic acids is 2. The predicted molar refractivity (Wildman–Crippen MR) is 79.1 cm³/mol. The average Bonchev–Trinajstić information content (AvgIpc) is 2.35. The molecule has 0 aromatic carbocycles. The molecule has 0 aliphatic rings. The first-order valence-electron chi connectivity index (χ1n) is 7.35. The number of rotatable bonds is 7. The van der Waals surface area contributed by atoms with Crippen molar-refractivity contribution in [3.63, 3.8) is 0 Å². The Morgan fingerprint density at radius 1 is 0.950 bits per heavy atom. The summed E-state index contributed by atoms with van der Waals surface area (Å²) in [6.07, 6.45) is 2.95. The first-order valence-corrected chi connectivity index (χ1v) is 7.35. The van der Waals surface area contributed by atoms with Crippen LogP contribution in [0.3, 0.4) is 0 Å². The second-order valence-corrected chi connectivity index (χ2v) is 5.60. The molecule has 1 atom stereocenters. The molecular formula is C16H28O4. The summed E-state index contributed by atoms with van der Waals surface area (Å²) in [6.45, 7) is 12.9. The van der Waals surface area contributed by atoms with E-state index in [9.17, 15) is 9.59 Å². The fourth-order valence-corrected chi connectivity index (χ4v) is 2.05. The van der Waals surface area contributed by atoms with Crippen molar-refractivity contribution in [1.29, 1.82) is 0 Å². The first-order chi connectivity index (χ1) is 9.29. The molecule has 0 amide bonds. The highest BCUT2D eigenvalue weighted by atomic mass is 16.6. The Bertz CT molecular complexity index is 332. The smallest absolute Gasteiger partial charge is 0.417 e. The lowest BCUT2D eigenvalue weighted by atomic mass is 9.89. The van der Waals surface area contributed by atoms with Crippen LogP contribution >= 0.6 is 0 Å². The molecule has 0 spiro atoms. The van der Waals surface area contributed by atoms with Crippen LogP contribution in [0, 0.1) is 17.8 Å². The highest BCUT2D eigenvalue weighted by Crippen LogP contribution is 2.22. The predicted octanol–water partition coefficient (Wildman–Crippen LogP) is 3.36. The Morgan fingerprint density at radius 3 is 1.90 bits per heavy atom. The van der Waals surface area contributed by atoms with E-state index in [4.69, 9.17) is 4.74 Å². The molecule has 0 saturated heterocycles. The highest BCUT2D eigenvalue weighted by Gasteiger charge is 2.16. The zero-order chi connectivity index (χ0) is 15.7. The normalized spacial score (nSPS) is 12.2. The van der Waals surface area contributed by atoms with Crippen molar-refractivity contribution in [3.05, 3.63) is 11.6 Å². The van der Waals surface area contributed by atoms with Crippen molar-refractivity contribution < 1.29 is 19.1 Å². The minimum absolute atomic E-state index is 0.180. The standard InChI is InChI=1S/C16H28O4/c1-7-19-15(17)16(18)20-9-8-13(6)10-14(11(2)3)12(4)5/h10-13H,7-9H2,1-6H3. The van der Waals surface area contributed by atoms with E-state index in [1.165, 1.54) is 5.57 Å². The molecule has 1 unspecified atom stereocenters. The second-order valence-electron chi connectivity index (χ2n) is 5.60. The molecule has 0 aliphatic carbocycles. The van der Waals surface area contributed by atoms with Gasteiger partial charge in [-0.2, -0.15) is 0 Å². The van der Waals surface area contributed by atoms with Gasteiger partial charge in [0.2, 0.25) is 0 Å². The quantitative estimate of drug-likeness (QED) is 0.408. The summed E-state index contributed by atoms with van der Waals surface area (Å²) in [4.78, 5) is 22.3. The third kappa shape index (κ3) is 7.31. The largest absolute Gasteiger partial charge is 0.458 e. The minimum Gasteiger partial charge on any atom is -0.458 e. The molecule has 0 fully saturated rings. The Hall–Kier alpha value is -1.32. The van der Waals surface area contributed by atoms with Crippen LogP contribution < -0.4 is 0 Å². The van der Waals surface area contributed by atoms with E-state index in [2.05, 4.69) is 45.4 Å². The van der Waals surface area contributed by atoms with Crippen LogP contribution in [0.4, 0.5) is 0 Å². The lowest BCUT2D eigenvalue weighted by Crippen LogP contribution is -2.21. The Labute approximate surface area is 122 Å². The van der Waals surface area contributed by atoms with Gasteiger partial charge in [0.05, 0.1) is 13.2 Å². The molecule has 0 rings (SSSR count). The molecular weight excluding hydrogens is 256 g/mol. The summed E-state index contributed by atoms with van der Waals surface area (Å²) in [5.41, 5.74) is 1.41. The van der Waals surface area contributed by atoms with E-state index in [0.29, 0.717) is 24.2 Å². The Balaban J connectivity index is 4.23. The summed E-state index contributed by atoms with van der Waals surface area (Å²) in [7, 11) is 0. The topological polar surface area (TPSA) is 52.6 Å². The van der Waals surface area contributed by atoms with Crippen LogP contribution in [0.15, 0.2) is 11.6 Å². The van der Waals surface area contributed by atoms with Gasteiger partial charge in [0.15, 0.2) is 0 Å². The molecule has 20 heavy (non-hydrogen) atoms. The minimum atomic E-state index is -0.916. The summed E-state index contributed by atoms with van der Waals surface area (Å²) >= 11 is 0. The van der Waals surface area contributed by atoms with Gasteiger partial charge in [0.1, 0.15) is 0 Å². The van der Waals surface area contributed by atoms with Crippen LogP contribution in [0.5, 0.6) is 0 Å². The maximum Gasteiger partial charge on any atom is 0.417 e. The SMILES string of the molecule is CCOC(=O)C(=O)OCCC(C)C=C(C(C)C)C(C)C. The number of carbonyl (C=O) groups is 2. The third-order valence-corrected chi connectivity index (χ3v) is 3.06. The third-order valence-electron chi connectivity index (χ3n) is 3.06. The molecule has 4 heteroatoms. The molecule has 0 heterocycles. The van der Waals surface area contributed by atoms with Crippen LogP contribution in [0.25, 0.3) is 0 Å². The van der Waals surface area contributed by atoms with Gasteiger partial charge in [0, 0.05) is 0 Å². The zero-order valence-electron chi connectivity index (χ0n) is 13.6.